The SMILES string of the molecule is COc1ccc2c(OCOC(=O)O)cc(C)nc2c1. The van der Waals surface area contributed by atoms with Crippen LogP contribution in [0.4, 0.5) is 4.79 Å². The van der Waals surface area contributed by atoms with Gasteiger partial charge >= 0.3 is 6.16 Å². The van der Waals surface area contributed by atoms with E-state index in [1.165, 1.54) is 0 Å². The van der Waals surface area contributed by atoms with Crippen LogP contribution in [0.1, 0.15) is 5.69 Å². The Labute approximate surface area is 109 Å². The summed E-state index contributed by atoms with van der Waals surface area (Å²) in [7, 11) is 1.58. The van der Waals surface area contributed by atoms with Crippen molar-refractivity contribution >= 4 is 17.1 Å². The lowest BCUT2D eigenvalue weighted by atomic mass is 10.2. The molecule has 0 aliphatic carbocycles. The Balaban J connectivity index is 2.34. The molecule has 2 rings (SSSR count). The predicted octanol–water partition coefficient (Wildman–Crippen LogP) is 2.58. The zero-order valence-electron chi connectivity index (χ0n) is 10.5. The highest BCUT2D eigenvalue weighted by molar-refractivity contribution is 5.86. The summed E-state index contributed by atoms with van der Waals surface area (Å²) in [5, 5.41) is 9.16. The molecule has 0 bridgehead atoms. The minimum absolute atomic E-state index is 0.361. The van der Waals surface area contributed by atoms with Crippen LogP contribution < -0.4 is 9.47 Å². The van der Waals surface area contributed by atoms with Crippen molar-refractivity contribution in [2.24, 2.45) is 0 Å². The standard InChI is InChI=1S/C13H13NO5/c1-8-5-12(18-7-19-13(15)16)10-4-3-9(17-2)6-11(10)14-8/h3-6H,7H2,1-2H3,(H,15,16). The molecule has 0 aliphatic rings. The molecule has 0 aliphatic heterocycles. The Kier molecular flexibility index (Phi) is 3.70. The number of carbonyl (C=O) groups is 1. The number of carboxylic acid groups (broad SMARTS) is 1. The fraction of sp³-hybridized carbons (Fsp3) is 0.231. The number of pyridine rings is 1. The lowest BCUT2D eigenvalue weighted by Gasteiger charge is -2.10. The Hall–Kier alpha value is -2.50. The van der Waals surface area contributed by atoms with Gasteiger partial charge in [-0.3, -0.25) is 4.98 Å². The topological polar surface area (TPSA) is 77.9 Å². The molecular weight excluding hydrogens is 250 g/mol. The highest BCUT2D eigenvalue weighted by Gasteiger charge is 2.07. The number of methoxy groups -OCH3 is 1. The molecule has 2 aromatic rings. The second-order valence-corrected chi connectivity index (χ2v) is 3.82. The van der Waals surface area contributed by atoms with Gasteiger partial charge in [0, 0.05) is 23.2 Å². The van der Waals surface area contributed by atoms with Gasteiger partial charge in [0.15, 0.2) is 0 Å². The number of hydrogen-bond acceptors (Lipinski definition) is 5. The van der Waals surface area contributed by atoms with E-state index in [1.54, 1.807) is 31.4 Å². The third kappa shape index (κ3) is 3.04. The maximum atomic E-state index is 10.3. The second-order valence-electron chi connectivity index (χ2n) is 3.82. The van der Waals surface area contributed by atoms with Crippen molar-refractivity contribution in [2.75, 3.05) is 13.9 Å². The monoisotopic (exact) mass is 263 g/mol. The van der Waals surface area contributed by atoms with Crippen molar-refractivity contribution < 1.29 is 24.1 Å². The lowest BCUT2D eigenvalue weighted by molar-refractivity contribution is 0.0267. The number of benzene rings is 1. The fourth-order valence-electron chi connectivity index (χ4n) is 1.69. The highest BCUT2D eigenvalue weighted by atomic mass is 16.7. The van der Waals surface area contributed by atoms with E-state index < -0.39 is 6.16 Å². The van der Waals surface area contributed by atoms with Gasteiger partial charge in [-0.05, 0) is 19.1 Å². The molecule has 0 saturated carbocycles. The van der Waals surface area contributed by atoms with Crippen molar-refractivity contribution in [1.29, 1.82) is 0 Å². The molecule has 6 heteroatoms. The first kappa shape index (κ1) is 12.9. The zero-order chi connectivity index (χ0) is 13.8. The van der Waals surface area contributed by atoms with Gasteiger partial charge in [0.05, 0.1) is 12.6 Å². The Morgan fingerprint density at radius 3 is 2.84 bits per heavy atom. The first-order valence-corrected chi connectivity index (χ1v) is 5.54. The molecule has 1 aromatic heterocycles. The average molecular weight is 263 g/mol. The molecule has 100 valence electrons. The van der Waals surface area contributed by atoms with E-state index in [0.29, 0.717) is 17.0 Å². The Morgan fingerprint density at radius 2 is 2.16 bits per heavy atom. The molecule has 0 amide bonds. The summed E-state index contributed by atoms with van der Waals surface area (Å²) < 4.78 is 14.8. The van der Waals surface area contributed by atoms with Gasteiger partial charge in [-0.15, -0.1) is 0 Å². The van der Waals surface area contributed by atoms with Crippen LogP contribution in [0, 0.1) is 6.92 Å². The molecule has 1 N–H and O–H groups in total. The van der Waals surface area contributed by atoms with E-state index >= 15 is 0 Å². The molecular formula is C13H13NO5. The minimum atomic E-state index is -1.38. The van der Waals surface area contributed by atoms with E-state index in [1.807, 2.05) is 6.92 Å². The van der Waals surface area contributed by atoms with Gasteiger partial charge in [0.25, 0.3) is 0 Å². The van der Waals surface area contributed by atoms with Crippen LogP contribution in [0.2, 0.25) is 0 Å². The number of ether oxygens (including phenoxy) is 3. The first-order chi connectivity index (χ1) is 9.10. The maximum absolute atomic E-state index is 10.3. The van der Waals surface area contributed by atoms with Crippen LogP contribution >= 0.6 is 0 Å². The fourth-order valence-corrected chi connectivity index (χ4v) is 1.69. The molecule has 0 fully saturated rings. The van der Waals surface area contributed by atoms with Crippen LogP contribution in [-0.4, -0.2) is 30.1 Å². The van der Waals surface area contributed by atoms with Crippen molar-refractivity contribution in [1.82, 2.24) is 4.98 Å². The van der Waals surface area contributed by atoms with Gasteiger partial charge < -0.3 is 19.3 Å². The summed E-state index contributed by atoms with van der Waals surface area (Å²) in [5.74, 6) is 1.21. The van der Waals surface area contributed by atoms with E-state index in [-0.39, 0.29) is 6.79 Å². The summed E-state index contributed by atoms with van der Waals surface area (Å²) in [4.78, 5) is 14.6. The maximum Gasteiger partial charge on any atom is 0.508 e. The average Bonchev–Trinajstić information content (AvgIpc) is 2.37. The van der Waals surface area contributed by atoms with Gasteiger partial charge in [-0.2, -0.15) is 0 Å². The molecule has 0 radical (unpaired) electrons. The number of aryl methyl sites for hydroxylation is 1. The summed E-state index contributed by atoms with van der Waals surface area (Å²) >= 11 is 0. The van der Waals surface area contributed by atoms with E-state index in [0.717, 1.165) is 11.1 Å². The summed E-state index contributed by atoms with van der Waals surface area (Å²) in [6.07, 6.45) is -1.38. The van der Waals surface area contributed by atoms with Crippen LogP contribution in [-0.2, 0) is 4.74 Å². The summed E-state index contributed by atoms with van der Waals surface area (Å²) in [5.41, 5.74) is 1.47. The molecule has 0 atom stereocenters. The van der Waals surface area contributed by atoms with Crippen LogP contribution in [0.15, 0.2) is 24.3 Å². The highest BCUT2D eigenvalue weighted by Crippen LogP contribution is 2.28. The van der Waals surface area contributed by atoms with Crippen molar-refractivity contribution in [2.45, 2.75) is 6.92 Å². The molecule has 19 heavy (non-hydrogen) atoms. The van der Waals surface area contributed by atoms with Crippen molar-refractivity contribution in [3.63, 3.8) is 0 Å². The van der Waals surface area contributed by atoms with Gasteiger partial charge in [-0.25, -0.2) is 4.79 Å². The molecule has 6 nitrogen and oxygen atoms in total. The summed E-state index contributed by atoms with van der Waals surface area (Å²) in [6, 6.07) is 7.09. The summed E-state index contributed by atoms with van der Waals surface area (Å²) in [6.45, 7) is 1.46. The van der Waals surface area contributed by atoms with E-state index in [9.17, 15) is 4.79 Å². The number of aromatic nitrogens is 1. The normalized spacial score (nSPS) is 10.2. The van der Waals surface area contributed by atoms with Crippen molar-refractivity contribution in [3.05, 3.63) is 30.0 Å². The van der Waals surface area contributed by atoms with Crippen LogP contribution in [0.25, 0.3) is 10.9 Å². The minimum Gasteiger partial charge on any atom is -0.497 e. The van der Waals surface area contributed by atoms with E-state index in [2.05, 4.69) is 9.72 Å². The number of nitrogens with zero attached hydrogens (tertiary/aromatic N) is 1. The third-order valence-electron chi connectivity index (χ3n) is 2.50. The van der Waals surface area contributed by atoms with Gasteiger partial charge in [0.2, 0.25) is 6.79 Å². The van der Waals surface area contributed by atoms with Crippen LogP contribution in [0.5, 0.6) is 11.5 Å². The van der Waals surface area contributed by atoms with Crippen LogP contribution in [0.3, 0.4) is 0 Å². The molecule has 0 spiro atoms. The molecule has 1 heterocycles. The number of fused-ring (bicyclic) bond motifs is 1. The smallest absolute Gasteiger partial charge is 0.497 e. The Morgan fingerprint density at radius 1 is 1.37 bits per heavy atom. The molecule has 0 unspecified atom stereocenters. The van der Waals surface area contributed by atoms with E-state index in [4.69, 9.17) is 14.6 Å². The molecule has 0 saturated heterocycles. The predicted molar refractivity (Wildman–Crippen MR) is 67.6 cm³/mol. The molecule has 1 aromatic carbocycles. The third-order valence-corrected chi connectivity index (χ3v) is 2.50. The Bertz CT molecular complexity index is 611. The number of rotatable bonds is 4. The number of hydrogen-bond donors (Lipinski definition) is 1. The second kappa shape index (κ2) is 5.43. The van der Waals surface area contributed by atoms with Crippen molar-refractivity contribution in [3.8, 4) is 11.5 Å². The van der Waals surface area contributed by atoms with Gasteiger partial charge in [0.1, 0.15) is 11.5 Å². The quantitative estimate of drug-likeness (QED) is 0.674. The lowest BCUT2D eigenvalue weighted by Crippen LogP contribution is -2.08. The zero-order valence-corrected chi connectivity index (χ0v) is 10.5. The van der Waals surface area contributed by atoms with Gasteiger partial charge in [-0.1, -0.05) is 0 Å². The first-order valence-electron chi connectivity index (χ1n) is 5.54. The largest absolute Gasteiger partial charge is 0.508 e.